The van der Waals surface area contributed by atoms with Gasteiger partial charge in [0.2, 0.25) is 0 Å². The molecule has 1 aromatic carbocycles. The summed E-state index contributed by atoms with van der Waals surface area (Å²) in [6.45, 7) is 5.54. The van der Waals surface area contributed by atoms with Gasteiger partial charge in [-0.1, -0.05) is 32.9 Å². The summed E-state index contributed by atoms with van der Waals surface area (Å²) in [4.78, 5) is 12.4. The van der Waals surface area contributed by atoms with Gasteiger partial charge in [0.05, 0.1) is 23.7 Å². The van der Waals surface area contributed by atoms with Crippen molar-refractivity contribution in [3.8, 4) is 5.75 Å². The van der Waals surface area contributed by atoms with E-state index in [0.29, 0.717) is 10.0 Å². The van der Waals surface area contributed by atoms with Crippen LogP contribution in [0.3, 0.4) is 0 Å². The van der Waals surface area contributed by atoms with E-state index in [1.54, 1.807) is 18.2 Å². The van der Waals surface area contributed by atoms with Crippen molar-refractivity contribution < 1.29 is 20.1 Å². The van der Waals surface area contributed by atoms with Gasteiger partial charge in [-0.2, -0.15) is 0 Å². The Labute approximate surface area is 127 Å². The van der Waals surface area contributed by atoms with Crippen LogP contribution in [0.15, 0.2) is 22.7 Å². The monoisotopic (exact) mass is 345 g/mol. The first-order chi connectivity index (χ1) is 9.12. The van der Waals surface area contributed by atoms with Gasteiger partial charge in [-0.05, 0) is 27.4 Å². The van der Waals surface area contributed by atoms with Crippen molar-refractivity contribution in [2.45, 2.75) is 33.4 Å². The van der Waals surface area contributed by atoms with E-state index in [-0.39, 0.29) is 18.8 Å². The summed E-state index contributed by atoms with van der Waals surface area (Å²) < 4.78 is 0.511. The van der Waals surface area contributed by atoms with Crippen LogP contribution in [0.25, 0.3) is 0 Å². The third kappa shape index (κ3) is 4.38. The highest BCUT2D eigenvalue weighted by atomic mass is 79.9. The highest BCUT2D eigenvalue weighted by Gasteiger charge is 2.27. The first kappa shape index (κ1) is 16.8. The highest BCUT2D eigenvalue weighted by molar-refractivity contribution is 9.10. The number of aliphatic hydroxyl groups is 1. The first-order valence-electron chi connectivity index (χ1n) is 6.25. The second kappa shape index (κ2) is 6.45. The number of carboxylic acid groups (broad SMARTS) is 1. The van der Waals surface area contributed by atoms with Crippen LogP contribution in [-0.2, 0) is 6.54 Å². The minimum atomic E-state index is -1.13. The molecule has 20 heavy (non-hydrogen) atoms. The number of aliphatic hydroxyl groups excluding tert-OH is 1. The summed E-state index contributed by atoms with van der Waals surface area (Å²) in [5, 5.41) is 29.2. The number of aromatic hydroxyl groups is 1. The van der Waals surface area contributed by atoms with Crippen LogP contribution in [-0.4, -0.2) is 39.0 Å². The summed E-state index contributed by atoms with van der Waals surface area (Å²) in [5.41, 5.74) is 0.0791. The van der Waals surface area contributed by atoms with E-state index in [1.807, 2.05) is 20.8 Å². The fourth-order valence-corrected chi connectivity index (χ4v) is 1.99. The molecule has 112 valence electrons. The topological polar surface area (TPSA) is 81.0 Å². The van der Waals surface area contributed by atoms with E-state index in [0.717, 1.165) is 4.90 Å². The van der Waals surface area contributed by atoms with Crippen LogP contribution in [0.4, 0.5) is 4.79 Å². The van der Waals surface area contributed by atoms with Gasteiger partial charge in [0.25, 0.3) is 0 Å². The zero-order valence-corrected chi connectivity index (χ0v) is 13.4. The number of amides is 1. The average Bonchev–Trinajstić information content (AvgIpc) is 2.32. The molecule has 1 unspecified atom stereocenters. The quantitative estimate of drug-likeness (QED) is 0.783. The maximum absolute atomic E-state index is 11.3. The number of nitrogens with zero attached hydrogens (tertiary/aromatic N) is 1. The molecule has 0 saturated carbocycles. The van der Waals surface area contributed by atoms with E-state index in [9.17, 15) is 20.1 Å². The van der Waals surface area contributed by atoms with E-state index < -0.39 is 17.6 Å². The molecule has 0 fully saturated rings. The largest absolute Gasteiger partial charge is 0.506 e. The predicted octanol–water partition coefficient (Wildman–Crippen LogP) is 3.04. The Kier molecular flexibility index (Phi) is 5.42. The van der Waals surface area contributed by atoms with Crippen molar-refractivity contribution in [1.29, 1.82) is 0 Å². The molecular formula is C14H20BrNO4. The van der Waals surface area contributed by atoms with Gasteiger partial charge >= 0.3 is 6.09 Å². The van der Waals surface area contributed by atoms with Crippen LogP contribution in [0.1, 0.15) is 26.3 Å². The molecule has 0 heterocycles. The lowest BCUT2D eigenvalue weighted by molar-refractivity contribution is 0.0277. The average molecular weight is 346 g/mol. The Morgan fingerprint density at radius 2 is 2.00 bits per heavy atom. The normalized spacial score (nSPS) is 13.1. The number of phenolic OH excluding ortho intramolecular Hbond substituents is 1. The number of hydrogen-bond donors (Lipinski definition) is 3. The van der Waals surface area contributed by atoms with Crippen molar-refractivity contribution in [2.75, 3.05) is 6.54 Å². The highest BCUT2D eigenvalue weighted by Crippen LogP contribution is 2.29. The van der Waals surface area contributed by atoms with Crippen LogP contribution in [0, 0.1) is 5.41 Å². The second-order valence-corrected chi connectivity index (χ2v) is 6.65. The Bertz CT molecular complexity index is 485. The zero-order valence-electron chi connectivity index (χ0n) is 11.8. The molecule has 0 saturated heterocycles. The molecule has 0 aliphatic rings. The molecule has 0 aliphatic carbocycles. The van der Waals surface area contributed by atoms with Crippen LogP contribution < -0.4 is 0 Å². The summed E-state index contributed by atoms with van der Waals surface area (Å²) in [6.07, 6.45) is -1.92. The minimum absolute atomic E-state index is 0.00914. The smallest absolute Gasteiger partial charge is 0.407 e. The zero-order chi connectivity index (χ0) is 15.5. The second-order valence-electron chi connectivity index (χ2n) is 5.79. The predicted molar refractivity (Wildman–Crippen MR) is 79.7 cm³/mol. The van der Waals surface area contributed by atoms with Gasteiger partial charge in [0.1, 0.15) is 5.75 Å². The number of phenols is 1. The number of carbonyl (C=O) groups is 1. The van der Waals surface area contributed by atoms with Gasteiger partial charge in [0, 0.05) is 5.56 Å². The lowest BCUT2D eigenvalue weighted by Crippen LogP contribution is -2.41. The fraction of sp³-hybridized carbons (Fsp3) is 0.500. The van der Waals surface area contributed by atoms with Crippen LogP contribution >= 0.6 is 15.9 Å². The van der Waals surface area contributed by atoms with Gasteiger partial charge in [-0.3, -0.25) is 0 Å². The fourth-order valence-electron chi connectivity index (χ4n) is 1.59. The molecule has 6 heteroatoms. The van der Waals surface area contributed by atoms with Gasteiger partial charge < -0.3 is 20.2 Å². The Hall–Kier alpha value is -1.27. The van der Waals surface area contributed by atoms with E-state index in [4.69, 9.17) is 0 Å². The van der Waals surface area contributed by atoms with E-state index in [1.165, 1.54) is 0 Å². The molecule has 0 aromatic heterocycles. The van der Waals surface area contributed by atoms with Gasteiger partial charge in [0.15, 0.2) is 0 Å². The number of halogens is 1. The summed E-state index contributed by atoms with van der Waals surface area (Å²) >= 11 is 3.19. The standard InChI is InChI=1S/C14H20BrNO4/c1-14(2,3)11(17)8-16(13(19)20)7-9-5-4-6-10(15)12(9)18/h4-6,11,17-18H,7-8H2,1-3H3,(H,19,20). The lowest BCUT2D eigenvalue weighted by Gasteiger charge is -2.30. The number of hydrogen-bond acceptors (Lipinski definition) is 3. The number of benzene rings is 1. The summed E-state index contributed by atoms with van der Waals surface area (Å²) in [5.74, 6) is 0.0176. The number of rotatable bonds is 4. The van der Waals surface area contributed by atoms with Crippen molar-refractivity contribution >= 4 is 22.0 Å². The molecule has 1 aromatic rings. The van der Waals surface area contributed by atoms with E-state index in [2.05, 4.69) is 15.9 Å². The molecule has 1 rings (SSSR count). The molecule has 5 nitrogen and oxygen atoms in total. The maximum Gasteiger partial charge on any atom is 0.407 e. The molecular weight excluding hydrogens is 326 g/mol. The molecule has 1 amide bonds. The first-order valence-corrected chi connectivity index (χ1v) is 7.04. The molecule has 3 N–H and O–H groups in total. The van der Waals surface area contributed by atoms with Gasteiger partial charge in [-0.15, -0.1) is 0 Å². The Balaban J connectivity index is 2.88. The Morgan fingerprint density at radius 1 is 1.40 bits per heavy atom. The third-order valence-electron chi connectivity index (χ3n) is 3.10. The molecule has 0 radical (unpaired) electrons. The lowest BCUT2D eigenvalue weighted by atomic mass is 9.89. The Morgan fingerprint density at radius 3 is 2.50 bits per heavy atom. The maximum atomic E-state index is 11.3. The molecule has 0 bridgehead atoms. The third-order valence-corrected chi connectivity index (χ3v) is 3.73. The SMILES string of the molecule is CC(C)(C)C(O)CN(Cc1cccc(Br)c1O)C(=O)O. The molecule has 0 aliphatic heterocycles. The van der Waals surface area contributed by atoms with Crippen molar-refractivity contribution in [3.05, 3.63) is 28.2 Å². The van der Waals surface area contributed by atoms with Crippen LogP contribution in [0.5, 0.6) is 5.75 Å². The minimum Gasteiger partial charge on any atom is -0.506 e. The van der Waals surface area contributed by atoms with Crippen molar-refractivity contribution in [3.63, 3.8) is 0 Å². The molecule has 1 atom stereocenters. The summed E-state index contributed by atoms with van der Waals surface area (Å²) in [7, 11) is 0. The van der Waals surface area contributed by atoms with Crippen molar-refractivity contribution in [2.24, 2.45) is 5.41 Å². The molecule has 0 spiro atoms. The van der Waals surface area contributed by atoms with Gasteiger partial charge in [-0.25, -0.2) is 4.79 Å². The van der Waals surface area contributed by atoms with Crippen molar-refractivity contribution in [1.82, 2.24) is 4.90 Å². The van der Waals surface area contributed by atoms with Crippen LogP contribution in [0.2, 0.25) is 0 Å². The number of para-hydroxylation sites is 1. The summed E-state index contributed by atoms with van der Waals surface area (Å²) in [6, 6.07) is 5.05. The van der Waals surface area contributed by atoms with E-state index >= 15 is 0 Å².